The summed E-state index contributed by atoms with van der Waals surface area (Å²) < 4.78 is 1.88. The van der Waals surface area contributed by atoms with Gasteiger partial charge in [-0.15, -0.1) is 0 Å². The number of aromatic nitrogens is 2. The number of nitrogens with zero attached hydrogens (tertiary/aromatic N) is 2. The summed E-state index contributed by atoms with van der Waals surface area (Å²) in [6, 6.07) is 6.50. The molecule has 0 fully saturated rings. The Morgan fingerprint density at radius 2 is 2.06 bits per heavy atom. The van der Waals surface area contributed by atoms with Crippen LogP contribution in [0.25, 0.3) is 11.3 Å². The molecule has 0 amide bonds. The van der Waals surface area contributed by atoms with Crippen LogP contribution in [0.4, 0.5) is 0 Å². The Balaban J connectivity index is 2.55. The van der Waals surface area contributed by atoms with Crippen molar-refractivity contribution in [3.63, 3.8) is 0 Å². The van der Waals surface area contributed by atoms with Gasteiger partial charge in [0.15, 0.2) is 0 Å². The highest BCUT2D eigenvalue weighted by Crippen LogP contribution is 2.26. The molecule has 0 aliphatic carbocycles. The normalized spacial score (nSPS) is 10.8. The minimum absolute atomic E-state index is 0.844. The second kappa shape index (κ2) is 4.72. The molecule has 0 aliphatic heterocycles. The third-order valence-corrected chi connectivity index (χ3v) is 2.92. The standard InChI is InChI=1S/C14H19N3/c1-10-5-6-11(2)13(7-10)14-12(8-15-3)9-17(4)16-14/h5-7,9,15H,8H2,1-4H3. The maximum atomic E-state index is 4.58. The van der Waals surface area contributed by atoms with Crippen LogP contribution in [0.1, 0.15) is 16.7 Å². The van der Waals surface area contributed by atoms with Gasteiger partial charge in [-0.05, 0) is 32.5 Å². The van der Waals surface area contributed by atoms with Gasteiger partial charge in [0.1, 0.15) is 0 Å². The largest absolute Gasteiger partial charge is 0.316 e. The van der Waals surface area contributed by atoms with Gasteiger partial charge in [0.05, 0.1) is 5.69 Å². The minimum atomic E-state index is 0.844. The van der Waals surface area contributed by atoms with E-state index in [0.29, 0.717) is 0 Å². The monoisotopic (exact) mass is 229 g/mol. The predicted molar refractivity (Wildman–Crippen MR) is 70.9 cm³/mol. The van der Waals surface area contributed by atoms with Crippen LogP contribution in [0.5, 0.6) is 0 Å². The fourth-order valence-corrected chi connectivity index (χ4v) is 2.08. The third kappa shape index (κ3) is 2.39. The van der Waals surface area contributed by atoms with E-state index in [0.717, 1.165) is 12.2 Å². The summed E-state index contributed by atoms with van der Waals surface area (Å²) in [5, 5.41) is 7.77. The van der Waals surface area contributed by atoms with Crippen molar-refractivity contribution >= 4 is 0 Å². The van der Waals surface area contributed by atoms with Gasteiger partial charge in [0, 0.05) is 30.9 Å². The molecule has 90 valence electrons. The minimum Gasteiger partial charge on any atom is -0.316 e. The molecule has 1 aromatic carbocycles. The van der Waals surface area contributed by atoms with Crippen molar-refractivity contribution in [1.82, 2.24) is 15.1 Å². The van der Waals surface area contributed by atoms with Crippen LogP contribution in [0.15, 0.2) is 24.4 Å². The van der Waals surface area contributed by atoms with Gasteiger partial charge in [-0.3, -0.25) is 4.68 Å². The summed E-state index contributed by atoms with van der Waals surface area (Å²) in [7, 11) is 3.92. The third-order valence-electron chi connectivity index (χ3n) is 2.92. The summed E-state index contributed by atoms with van der Waals surface area (Å²) in [6.45, 7) is 5.09. The topological polar surface area (TPSA) is 29.9 Å². The lowest BCUT2D eigenvalue weighted by molar-refractivity contribution is 0.765. The van der Waals surface area contributed by atoms with Gasteiger partial charge in [0.25, 0.3) is 0 Å². The maximum absolute atomic E-state index is 4.58. The SMILES string of the molecule is CNCc1cn(C)nc1-c1cc(C)ccc1C. The second-order valence-corrected chi connectivity index (χ2v) is 4.53. The summed E-state index contributed by atoms with van der Waals surface area (Å²) in [5.74, 6) is 0. The smallest absolute Gasteiger partial charge is 0.0970 e. The molecular formula is C14H19N3. The van der Waals surface area contributed by atoms with Gasteiger partial charge >= 0.3 is 0 Å². The van der Waals surface area contributed by atoms with Crippen LogP contribution in [-0.4, -0.2) is 16.8 Å². The van der Waals surface area contributed by atoms with Crippen LogP contribution < -0.4 is 5.32 Å². The highest BCUT2D eigenvalue weighted by atomic mass is 15.3. The van der Waals surface area contributed by atoms with Crippen molar-refractivity contribution in [3.8, 4) is 11.3 Å². The van der Waals surface area contributed by atoms with Crippen LogP contribution >= 0.6 is 0 Å². The molecular weight excluding hydrogens is 210 g/mol. The Bertz CT molecular complexity index is 526. The molecule has 0 atom stereocenters. The highest BCUT2D eigenvalue weighted by Gasteiger charge is 2.11. The van der Waals surface area contributed by atoms with Crippen molar-refractivity contribution in [2.45, 2.75) is 20.4 Å². The summed E-state index contributed by atoms with van der Waals surface area (Å²) >= 11 is 0. The van der Waals surface area contributed by atoms with Crippen LogP contribution in [-0.2, 0) is 13.6 Å². The van der Waals surface area contributed by atoms with Crippen molar-refractivity contribution in [2.24, 2.45) is 7.05 Å². The average Bonchev–Trinajstić information content (AvgIpc) is 2.64. The van der Waals surface area contributed by atoms with Gasteiger partial charge in [-0.1, -0.05) is 17.7 Å². The Labute approximate surface area is 102 Å². The van der Waals surface area contributed by atoms with E-state index >= 15 is 0 Å². The lowest BCUT2D eigenvalue weighted by atomic mass is 10.0. The van der Waals surface area contributed by atoms with Crippen molar-refractivity contribution in [2.75, 3.05) is 7.05 Å². The molecule has 0 spiro atoms. The molecule has 2 aromatic rings. The fourth-order valence-electron chi connectivity index (χ4n) is 2.08. The van der Waals surface area contributed by atoms with Gasteiger partial charge in [0.2, 0.25) is 0 Å². The first kappa shape index (κ1) is 11.9. The van der Waals surface area contributed by atoms with E-state index in [1.54, 1.807) is 0 Å². The molecule has 0 aliphatic rings. The van der Waals surface area contributed by atoms with Crippen LogP contribution in [0.2, 0.25) is 0 Å². The number of hydrogen-bond acceptors (Lipinski definition) is 2. The predicted octanol–water partition coefficient (Wildman–Crippen LogP) is 2.42. The van der Waals surface area contributed by atoms with Crippen molar-refractivity contribution in [3.05, 3.63) is 41.1 Å². The first-order chi connectivity index (χ1) is 8.11. The molecule has 2 rings (SSSR count). The number of rotatable bonds is 3. The summed E-state index contributed by atoms with van der Waals surface area (Å²) in [5.41, 5.74) is 6.10. The molecule has 0 saturated heterocycles. The van der Waals surface area contributed by atoms with E-state index in [4.69, 9.17) is 0 Å². The first-order valence-corrected chi connectivity index (χ1v) is 5.86. The van der Waals surface area contributed by atoms with Crippen LogP contribution in [0.3, 0.4) is 0 Å². The van der Waals surface area contributed by atoms with Gasteiger partial charge in [-0.2, -0.15) is 5.10 Å². The zero-order chi connectivity index (χ0) is 12.4. The lowest BCUT2D eigenvalue weighted by Gasteiger charge is -2.06. The van der Waals surface area contributed by atoms with E-state index < -0.39 is 0 Å². The second-order valence-electron chi connectivity index (χ2n) is 4.53. The van der Waals surface area contributed by atoms with Crippen molar-refractivity contribution < 1.29 is 0 Å². The summed E-state index contributed by atoms with van der Waals surface area (Å²) in [6.07, 6.45) is 2.08. The fraction of sp³-hybridized carbons (Fsp3) is 0.357. The zero-order valence-corrected chi connectivity index (χ0v) is 10.9. The number of aryl methyl sites for hydroxylation is 3. The van der Waals surface area contributed by atoms with Crippen LogP contribution in [0, 0.1) is 13.8 Å². The first-order valence-electron chi connectivity index (χ1n) is 5.86. The van der Waals surface area contributed by atoms with Gasteiger partial charge in [-0.25, -0.2) is 0 Å². The number of hydrogen-bond donors (Lipinski definition) is 1. The molecule has 1 N–H and O–H groups in total. The molecule has 0 unspecified atom stereocenters. The Morgan fingerprint density at radius 1 is 1.29 bits per heavy atom. The Kier molecular flexibility index (Phi) is 3.29. The quantitative estimate of drug-likeness (QED) is 0.876. The average molecular weight is 229 g/mol. The summed E-state index contributed by atoms with van der Waals surface area (Å²) in [4.78, 5) is 0. The molecule has 1 aromatic heterocycles. The van der Waals surface area contributed by atoms with E-state index in [-0.39, 0.29) is 0 Å². The Morgan fingerprint density at radius 3 is 2.76 bits per heavy atom. The van der Waals surface area contributed by atoms with Crippen molar-refractivity contribution in [1.29, 1.82) is 0 Å². The molecule has 17 heavy (non-hydrogen) atoms. The highest BCUT2D eigenvalue weighted by molar-refractivity contribution is 5.67. The van der Waals surface area contributed by atoms with E-state index in [2.05, 4.69) is 48.7 Å². The van der Waals surface area contributed by atoms with E-state index in [1.165, 1.54) is 22.3 Å². The molecule has 1 heterocycles. The van der Waals surface area contributed by atoms with E-state index in [9.17, 15) is 0 Å². The maximum Gasteiger partial charge on any atom is 0.0970 e. The molecule has 0 saturated carbocycles. The zero-order valence-electron chi connectivity index (χ0n) is 10.9. The number of nitrogens with one attached hydrogen (secondary N) is 1. The Hall–Kier alpha value is -1.61. The molecule has 0 bridgehead atoms. The number of benzene rings is 1. The molecule has 3 heteroatoms. The molecule has 0 radical (unpaired) electrons. The van der Waals surface area contributed by atoms with Gasteiger partial charge < -0.3 is 5.32 Å². The lowest BCUT2D eigenvalue weighted by Crippen LogP contribution is -2.05. The van der Waals surface area contributed by atoms with E-state index in [1.807, 2.05) is 18.8 Å². The molecule has 3 nitrogen and oxygen atoms in total.